The van der Waals surface area contributed by atoms with E-state index in [1.165, 1.54) is 11.3 Å². The Morgan fingerprint density at radius 3 is 2.38 bits per heavy atom. The van der Waals surface area contributed by atoms with Gasteiger partial charge in [-0.2, -0.15) is 0 Å². The third-order valence-corrected chi connectivity index (χ3v) is 6.38. The first-order valence-corrected chi connectivity index (χ1v) is 11.3. The van der Waals surface area contributed by atoms with Gasteiger partial charge < -0.3 is 0 Å². The fraction of sp³-hybridized carbons (Fsp3) is 0.0385. The van der Waals surface area contributed by atoms with Crippen LogP contribution in [0.1, 0.15) is 16.1 Å². The van der Waals surface area contributed by atoms with Crippen molar-refractivity contribution >= 4 is 44.2 Å². The number of benzene rings is 3. The molecule has 2 aromatic heterocycles. The minimum absolute atomic E-state index is 0.125. The van der Waals surface area contributed by atoms with Gasteiger partial charge in [0.05, 0.1) is 22.5 Å². The summed E-state index contributed by atoms with van der Waals surface area (Å²) in [7, 11) is 0. The van der Waals surface area contributed by atoms with Crippen LogP contribution in [0.4, 0.5) is 5.13 Å². The minimum Gasteiger partial charge on any atom is -0.278 e. The normalized spacial score (nSPS) is 10.9. The van der Waals surface area contributed by atoms with E-state index in [4.69, 9.17) is 16.6 Å². The summed E-state index contributed by atoms with van der Waals surface area (Å²) in [6, 6.07) is 29.0. The second-order valence-electron chi connectivity index (χ2n) is 7.26. The number of amides is 1. The van der Waals surface area contributed by atoms with Crippen LogP contribution in [0, 0.1) is 0 Å². The van der Waals surface area contributed by atoms with Crippen molar-refractivity contribution in [3.8, 4) is 11.1 Å². The molecule has 0 spiro atoms. The number of nitrogens with zero attached hydrogens (tertiary/aromatic N) is 3. The summed E-state index contributed by atoms with van der Waals surface area (Å²) in [6.45, 7) is 0.327. The number of aromatic nitrogens is 2. The number of halogens is 1. The lowest BCUT2D eigenvalue weighted by atomic mass is 10.0. The number of hydrogen-bond acceptors (Lipinski definition) is 4. The number of rotatable bonds is 5. The molecule has 0 radical (unpaired) electrons. The molecule has 0 unspecified atom stereocenters. The van der Waals surface area contributed by atoms with E-state index in [1.807, 2.05) is 72.8 Å². The zero-order valence-corrected chi connectivity index (χ0v) is 18.6. The van der Waals surface area contributed by atoms with Gasteiger partial charge >= 0.3 is 0 Å². The number of hydrogen-bond donors (Lipinski definition) is 0. The van der Waals surface area contributed by atoms with Crippen molar-refractivity contribution in [2.24, 2.45) is 0 Å². The Hall–Kier alpha value is -3.54. The standard InChI is InChI=1S/C26H18ClN3OS/c27-21-13-14-23-24(16-21)32-26(29-23)30(17-22-8-4-5-15-28-22)25(31)20-11-9-19(10-12-20)18-6-2-1-3-7-18/h1-16H,17H2. The molecular formula is C26H18ClN3OS. The number of carbonyl (C=O) groups excluding carboxylic acids is 1. The number of carbonyl (C=O) groups is 1. The molecule has 2 heterocycles. The lowest BCUT2D eigenvalue weighted by Gasteiger charge is -2.20. The summed E-state index contributed by atoms with van der Waals surface area (Å²) in [6.07, 6.45) is 1.73. The Morgan fingerprint density at radius 2 is 1.62 bits per heavy atom. The van der Waals surface area contributed by atoms with Crippen molar-refractivity contribution < 1.29 is 4.79 Å². The van der Waals surface area contributed by atoms with E-state index in [2.05, 4.69) is 17.1 Å². The molecule has 0 N–H and O–H groups in total. The quantitative estimate of drug-likeness (QED) is 0.291. The summed E-state index contributed by atoms with van der Waals surface area (Å²) in [5.74, 6) is -0.125. The largest absolute Gasteiger partial charge is 0.278 e. The molecule has 32 heavy (non-hydrogen) atoms. The van der Waals surface area contributed by atoms with E-state index in [-0.39, 0.29) is 5.91 Å². The number of pyridine rings is 1. The molecule has 0 aliphatic rings. The average Bonchev–Trinajstić information content (AvgIpc) is 3.26. The van der Waals surface area contributed by atoms with Gasteiger partial charge in [0, 0.05) is 16.8 Å². The third kappa shape index (κ3) is 4.26. The monoisotopic (exact) mass is 455 g/mol. The Bertz CT molecular complexity index is 1370. The average molecular weight is 456 g/mol. The van der Waals surface area contributed by atoms with Gasteiger partial charge in [-0.15, -0.1) is 0 Å². The molecule has 0 aliphatic carbocycles. The van der Waals surface area contributed by atoms with Crippen LogP contribution < -0.4 is 4.90 Å². The highest BCUT2D eigenvalue weighted by Crippen LogP contribution is 2.32. The van der Waals surface area contributed by atoms with Crippen LogP contribution in [0.3, 0.4) is 0 Å². The molecule has 0 saturated carbocycles. The van der Waals surface area contributed by atoms with E-state index < -0.39 is 0 Å². The summed E-state index contributed by atoms with van der Waals surface area (Å²) >= 11 is 7.59. The predicted molar refractivity (Wildman–Crippen MR) is 131 cm³/mol. The van der Waals surface area contributed by atoms with Gasteiger partial charge in [0.2, 0.25) is 0 Å². The topological polar surface area (TPSA) is 46.1 Å². The van der Waals surface area contributed by atoms with Crippen molar-refractivity contribution in [2.45, 2.75) is 6.54 Å². The zero-order valence-electron chi connectivity index (χ0n) is 17.0. The van der Waals surface area contributed by atoms with E-state index in [0.717, 1.165) is 27.0 Å². The van der Waals surface area contributed by atoms with Crippen LogP contribution in [-0.4, -0.2) is 15.9 Å². The van der Waals surface area contributed by atoms with Gasteiger partial charge in [-0.1, -0.05) is 71.5 Å². The molecule has 5 aromatic rings. The first-order chi connectivity index (χ1) is 15.7. The van der Waals surface area contributed by atoms with Crippen LogP contribution >= 0.6 is 22.9 Å². The van der Waals surface area contributed by atoms with Crippen LogP contribution in [0.2, 0.25) is 5.02 Å². The highest BCUT2D eigenvalue weighted by Gasteiger charge is 2.22. The summed E-state index contributed by atoms with van der Waals surface area (Å²) in [4.78, 5) is 24.4. The van der Waals surface area contributed by atoms with Crippen LogP contribution in [-0.2, 0) is 6.54 Å². The molecule has 156 valence electrons. The lowest BCUT2D eigenvalue weighted by Crippen LogP contribution is -2.30. The Labute approximate surface area is 194 Å². The lowest BCUT2D eigenvalue weighted by molar-refractivity contribution is 0.0985. The molecule has 0 bridgehead atoms. The molecule has 3 aromatic carbocycles. The SMILES string of the molecule is O=C(c1ccc(-c2ccccc2)cc1)N(Cc1ccccn1)c1nc2ccc(Cl)cc2s1. The van der Waals surface area contributed by atoms with Crippen LogP contribution in [0.25, 0.3) is 21.3 Å². The fourth-order valence-corrected chi connectivity index (χ4v) is 4.71. The molecule has 6 heteroatoms. The van der Waals surface area contributed by atoms with Gasteiger partial charge in [0.1, 0.15) is 0 Å². The van der Waals surface area contributed by atoms with Gasteiger partial charge in [-0.3, -0.25) is 14.7 Å². The molecule has 0 aliphatic heterocycles. The van der Waals surface area contributed by atoms with E-state index in [0.29, 0.717) is 22.3 Å². The molecular weight excluding hydrogens is 438 g/mol. The van der Waals surface area contributed by atoms with Crippen molar-refractivity contribution in [3.63, 3.8) is 0 Å². The van der Waals surface area contributed by atoms with Crippen molar-refractivity contribution in [1.82, 2.24) is 9.97 Å². The fourth-order valence-electron chi connectivity index (χ4n) is 3.47. The Balaban J connectivity index is 1.51. The zero-order chi connectivity index (χ0) is 21.9. The second kappa shape index (κ2) is 8.91. The molecule has 0 saturated heterocycles. The maximum Gasteiger partial charge on any atom is 0.260 e. The Kier molecular flexibility index (Phi) is 5.67. The van der Waals surface area contributed by atoms with Crippen molar-refractivity contribution in [3.05, 3.63) is 113 Å². The highest BCUT2D eigenvalue weighted by atomic mass is 35.5. The van der Waals surface area contributed by atoms with Gasteiger partial charge in [-0.25, -0.2) is 4.98 Å². The number of fused-ring (bicyclic) bond motifs is 1. The van der Waals surface area contributed by atoms with Crippen molar-refractivity contribution in [1.29, 1.82) is 0 Å². The van der Waals surface area contributed by atoms with Crippen LogP contribution in [0.5, 0.6) is 0 Å². The van der Waals surface area contributed by atoms with E-state index in [1.54, 1.807) is 17.2 Å². The second-order valence-corrected chi connectivity index (χ2v) is 8.71. The van der Waals surface area contributed by atoms with Gasteiger partial charge in [0.15, 0.2) is 5.13 Å². The van der Waals surface area contributed by atoms with E-state index in [9.17, 15) is 4.79 Å². The third-order valence-electron chi connectivity index (χ3n) is 5.10. The maximum atomic E-state index is 13.6. The summed E-state index contributed by atoms with van der Waals surface area (Å²) in [5.41, 5.74) is 4.37. The van der Waals surface area contributed by atoms with Gasteiger partial charge in [0.25, 0.3) is 5.91 Å². The molecule has 0 fully saturated rings. The first kappa shape index (κ1) is 20.4. The highest BCUT2D eigenvalue weighted by molar-refractivity contribution is 7.22. The molecule has 5 rings (SSSR count). The summed E-state index contributed by atoms with van der Waals surface area (Å²) < 4.78 is 0.936. The molecule has 4 nitrogen and oxygen atoms in total. The van der Waals surface area contributed by atoms with Crippen molar-refractivity contribution in [2.75, 3.05) is 4.90 Å². The Morgan fingerprint density at radius 1 is 0.875 bits per heavy atom. The number of anilines is 1. The summed E-state index contributed by atoms with van der Waals surface area (Å²) in [5, 5.41) is 1.26. The smallest absolute Gasteiger partial charge is 0.260 e. The number of thiazole rings is 1. The van der Waals surface area contributed by atoms with E-state index >= 15 is 0 Å². The van der Waals surface area contributed by atoms with Crippen LogP contribution in [0.15, 0.2) is 97.2 Å². The predicted octanol–water partition coefficient (Wildman–Crippen LogP) is 6.86. The molecule has 0 atom stereocenters. The maximum absolute atomic E-state index is 13.6. The van der Waals surface area contributed by atoms with Gasteiger partial charge in [-0.05, 0) is 53.6 Å². The molecule has 1 amide bonds. The first-order valence-electron chi connectivity index (χ1n) is 10.1. The minimum atomic E-state index is -0.125.